The summed E-state index contributed by atoms with van der Waals surface area (Å²) in [6, 6.07) is 1.88. The predicted octanol–water partition coefficient (Wildman–Crippen LogP) is 3.27. The summed E-state index contributed by atoms with van der Waals surface area (Å²) >= 11 is 1.95. The number of ether oxygens (including phenoxy) is 1. The van der Waals surface area contributed by atoms with E-state index in [1.807, 2.05) is 24.8 Å². The molecule has 1 aliphatic rings. The van der Waals surface area contributed by atoms with E-state index < -0.39 is 0 Å². The quantitative estimate of drug-likeness (QED) is 0.831. The molecule has 2 rings (SSSR count). The standard InChI is InChI=1S/C14H23N3OS/c1-4-8-18-12-9-11(2)16-13(17-12)15-10-14(19-3)6-5-7-14/h9H,4-8,10H2,1-3H3,(H,15,16,17). The molecule has 1 saturated carbocycles. The lowest BCUT2D eigenvalue weighted by Crippen LogP contribution is -2.40. The number of hydrogen-bond donors (Lipinski definition) is 1. The molecule has 5 heteroatoms. The largest absolute Gasteiger partial charge is 0.478 e. The number of rotatable bonds is 7. The maximum atomic E-state index is 5.58. The first-order valence-corrected chi connectivity index (χ1v) is 8.17. The Labute approximate surface area is 119 Å². The molecule has 4 nitrogen and oxygen atoms in total. The van der Waals surface area contributed by atoms with Crippen molar-refractivity contribution in [2.75, 3.05) is 24.7 Å². The fraction of sp³-hybridized carbons (Fsp3) is 0.714. The van der Waals surface area contributed by atoms with Crippen molar-refractivity contribution in [1.29, 1.82) is 0 Å². The van der Waals surface area contributed by atoms with Crippen LogP contribution < -0.4 is 10.1 Å². The van der Waals surface area contributed by atoms with E-state index in [1.54, 1.807) is 0 Å². The Morgan fingerprint density at radius 3 is 2.79 bits per heavy atom. The number of hydrogen-bond acceptors (Lipinski definition) is 5. The third-order valence-corrected chi connectivity index (χ3v) is 4.97. The summed E-state index contributed by atoms with van der Waals surface area (Å²) in [5, 5.41) is 3.37. The van der Waals surface area contributed by atoms with Gasteiger partial charge in [-0.05, 0) is 32.4 Å². The smallest absolute Gasteiger partial charge is 0.226 e. The van der Waals surface area contributed by atoms with Crippen LogP contribution in [-0.2, 0) is 0 Å². The van der Waals surface area contributed by atoms with Gasteiger partial charge in [-0.2, -0.15) is 16.7 Å². The number of aryl methyl sites for hydroxylation is 1. The van der Waals surface area contributed by atoms with E-state index in [-0.39, 0.29) is 0 Å². The number of thioether (sulfide) groups is 1. The molecule has 1 N–H and O–H groups in total. The molecule has 0 aliphatic heterocycles. The Morgan fingerprint density at radius 2 is 2.21 bits per heavy atom. The molecular formula is C14H23N3OS. The summed E-state index contributed by atoms with van der Waals surface area (Å²) in [5.74, 6) is 1.36. The first-order valence-electron chi connectivity index (χ1n) is 6.95. The second-order valence-electron chi connectivity index (χ2n) is 5.11. The van der Waals surface area contributed by atoms with Crippen molar-refractivity contribution in [2.24, 2.45) is 0 Å². The van der Waals surface area contributed by atoms with E-state index in [4.69, 9.17) is 4.74 Å². The van der Waals surface area contributed by atoms with E-state index in [2.05, 4.69) is 28.5 Å². The molecule has 0 unspecified atom stereocenters. The molecule has 0 radical (unpaired) electrons. The van der Waals surface area contributed by atoms with Crippen LogP contribution in [0.5, 0.6) is 5.88 Å². The lowest BCUT2D eigenvalue weighted by atomic mass is 9.84. The Morgan fingerprint density at radius 1 is 1.42 bits per heavy atom. The first kappa shape index (κ1) is 14.4. The van der Waals surface area contributed by atoms with E-state index in [1.165, 1.54) is 19.3 Å². The molecule has 1 fully saturated rings. The number of anilines is 1. The van der Waals surface area contributed by atoms with Crippen LogP contribution in [0, 0.1) is 6.92 Å². The zero-order chi connectivity index (χ0) is 13.7. The van der Waals surface area contributed by atoms with Crippen LogP contribution in [-0.4, -0.2) is 34.1 Å². The van der Waals surface area contributed by atoms with E-state index in [9.17, 15) is 0 Å². The maximum Gasteiger partial charge on any atom is 0.226 e. The average Bonchev–Trinajstić information content (AvgIpc) is 2.35. The fourth-order valence-corrected chi connectivity index (χ4v) is 3.08. The Kier molecular flexibility index (Phi) is 4.91. The zero-order valence-corrected chi connectivity index (χ0v) is 12.8. The van der Waals surface area contributed by atoms with Crippen LogP contribution in [0.1, 0.15) is 38.3 Å². The molecule has 0 amide bonds. The number of nitrogens with one attached hydrogen (secondary N) is 1. The van der Waals surface area contributed by atoms with Crippen molar-refractivity contribution in [3.63, 3.8) is 0 Å². The van der Waals surface area contributed by atoms with Gasteiger partial charge >= 0.3 is 0 Å². The topological polar surface area (TPSA) is 47.0 Å². The first-order chi connectivity index (χ1) is 9.17. The number of nitrogens with zero attached hydrogens (tertiary/aromatic N) is 2. The zero-order valence-electron chi connectivity index (χ0n) is 12.0. The van der Waals surface area contributed by atoms with Crippen molar-refractivity contribution in [2.45, 2.75) is 44.3 Å². The van der Waals surface area contributed by atoms with Gasteiger partial charge in [0, 0.05) is 23.1 Å². The summed E-state index contributed by atoms with van der Waals surface area (Å²) < 4.78 is 5.97. The van der Waals surface area contributed by atoms with Gasteiger partial charge in [0.05, 0.1) is 6.61 Å². The van der Waals surface area contributed by atoms with Gasteiger partial charge in [0.1, 0.15) is 0 Å². The van der Waals surface area contributed by atoms with Crippen molar-refractivity contribution in [3.05, 3.63) is 11.8 Å². The summed E-state index contributed by atoms with van der Waals surface area (Å²) in [6.07, 6.45) is 7.08. The molecule has 0 spiro atoms. The van der Waals surface area contributed by atoms with E-state index in [0.717, 1.165) is 18.7 Å². The van der Waals surface area contributed by atoms with Gasteiger partial charge in [-0.3, -0.25) is 0 Å². The average molecular weight is 281 g/mol. The molecule has 1 aromatic heterocycles. The molecular weight excluding hydrogens is 258 g/mol. The summed E-state index contributed by atoms with van der Waals surface area (Å²) in [7, 11) is 0. The highest BCUT2D eigenvalue weighted by molar-refractivity contribution is 8.00. The molecule has 1 heterocycles. The van der Waals surface area contributed by atoms with Crippen molar-refractivity contribution < 1.29 is 4.74 Å². The van der Waals surface area contributed by atoms with Gasteiger partial charge in [0.25, 0.3) is 0 Å². The Balaban J connectivity index is 1.97. The van der Waals surface area contributed by atoms with Gasteiger partial charge in [-0.15, -0.1) is 0 Å². The highest BCUT2D eigenvalue weighted by Gasteiger charge is 2.35. The monoisotopic (exact) mass is 281 g/mol. The predicted molar refractivity (Wildman–Crippen MR) is 81.1 cm³/mol. The minimum absolute atomic E-state index is 0.386. The maximum absolute atomic E-state index is 5.58. The summed E-state index contributed by atoms with van der Waals surface area (Å²) in [5.41, 5.74) is 0.940. The van der Waals surface area contributed by atoms with Gasteiger partial charge in [-0.25, -0.2) is 4.98 Å². The van der Waals surface area contributed by atoms with Crippen LogP contribution in [0.4, 0.5) is 5.95 Å². The Bertz CT molecular complexity index is 416. The van der Waals surface area contributed by atoms with Crippen molar-refractivity contribution in [3.8, 4) is 5.88 Å². The lowest BCUT2D eigenvalue weighted by Gasteiger charge is -2.40. The summed E-state index contributed by atoms with van der Waals surface area (Å²) in [6.45, 7) is 5.70. The highest BCUT2D eigenvalue weighted by Crippen LogP contribution is 2.42. The van der Waals surface area contributed by atoms with Crippen molar-refractivity contribution >= 4 is 17.7 Å². The number of aromatic nitrogens is 2. The second kappa shape index (κ2) is 6.46. The van der Waals surface area contributed by atoms with E-state index >= 15 is 0 Å². The third-order valence-electron chi connectivity index (χ3n) is 3.55. The van der Waals surface area contributed by atoms with Gasteiger partial charge < -0.3 is 10.1 Å². The van der Waals surface area contributed by atoms with Crippen LogP contribution >= 0.6 is 11.8 Å². The molecule has 0 atom stereocenters. The summed E-state index contributed by atoms with van der Waals surface area (Å²) in [4.78, 5) is 8.84. The van der Waals surface area contributed by atoms with E-state index in [0.29, 0.717) is 23.2 Å². The normalized spacial score (nSPS) is 16.8. The fourth-order valence-electron chi connectivity index (χ4n) is 2.16. The molecule has 0 bridgehead atoms. The molecule has 19 heavy (non-hydrogen) atoms. The Hall–Kier alpha value is -0.970. The van der Waals surface area contributed by atoms with Crippen LogP contribution in [0.15, 0.2) is 6.07 Å². The SMILES string of the molecule is CCCOc1cc(C)nc(NCC2(SC)CCC2)n1. The molecule has 106 valence electrons. The highest BCUT2D eigenvalue weighted by atomic mass is 32.2. The lowest BCUT2D eigenvalue weighted by molar-refractivity contribution is 0.304. The molecule has 1 aromatic rings. The van der Waals surface area contributed by atoms with Gasteiger partial charge in [0.15, 0.2) is 0 Å². The van der Waals surface area contributed by atoms with Gasteiger partial charge in [0.2, 0.25) is 11.8 Å². The molecule has 0 aromatic carbocycles. The van der Waals surface area contributed by atoms with Crippen LogP contribution in [0.25, 0.3) is 0 Å². The minimum atomic E-state index is 0.386. The van der Waals surface area contributed by atoms with Crippen molar-refractivity contribution in [1.82, 2.24) is 9.97 Å². The second-order valence-corrected chi connectivity index (χ2v) is 6.39. The van der Waals surface area contributed by atoms with Gasteiger partial charge in [-0.1, -0.05) is 13.3 Å². The van der Waals surface area contributed by atoms with Crippen LogP contribution in [0.2, 0.25) is 0 Å². The van der Waals surface area contributed by atoms with Crippen LogP contribution in [0.3, 0.4) is 0 Å². The minimum Gasteiger partial charge on any atom is -0.478 e. The third kappa shape index (κ3) is 3.75. The molecule has 0 saturated heterocycles. The molecule has 1 aliphatic carbocycles.